The molecule has 0 bridgehead atoms. The fourth-order valence-electron chi connectivity index (χ4n) is 1.70. The lowest BCUT2D eigenvalue weighted by atomic mass is 10.1. The Morgan fingerprint density at radius 1 is 1.26 bits per heavy atom. The van der Waals surface area contributed by atoms with Crippen LogP contribution in [0.15, 0.2) is 30.3 Å². The summed E-state index contributed by atoms with van der Waals surface area (Å²) in [6, 6.07) is 8.43. The molecule has 1 atom stereocenters. The molecule has 2 amide bonds. The lowest BCUT2D eigenvalue weighted by molar-refractivity contribution is -0.136. The van der Waals surface area contributed by atoms with Gasteiger partial charge in [0.25, 0.3) is 0 Å². The molecule has 0 heterocycles. The highest BCUT2D eigenvalue weighted by molar-refractivity contribution is 5.88. The van der Waals surface area contributed by atoms with E-state index in [0.29, 0.717) is 0 Å². The maximum Gasteiger partial charge on any atom is 0.244 e. The molecule has 5 heteroatoms. The zero-order valence-electron chi connectivity index (χ0n) is 11.6. The van der Waals surface area contributed by atoms with E-state index in [1.54, 1.807) is 19.2 Å². The van der Waals surface area contributed by atoms with E-state index in [2.05, 4.69) is 5.32 Å². The molecule has 19 heavy (non-hydrogen) atoms. The minimum atomic E-state index is -0.738. The summed E-state index contributed by atoms with van der Waals surface area (Å²) in [5.41, 5.74) is 6.63. The molecule has 5 nitrogen and oxygen atoms in total. The van der Waals surface area contributed by atoms with Gasteiger partial charge in [0.1, 0.15) is 6.04 Å². The lowest BCUT2D eigenvalue weighted by Crippen LogP contribution is -2.43. The average molecular weight is 263 g/mol. The molecule has 0 unspecified atom stereocenters. The first kappa shape index (κ1) is 15.2. The van der Waals surface area contributed by atoms with Crippen LogP contribution in [0, 0.1) is 0 Å². The third-order valence-corrected chi connectivity index (χ3v) is 2.63. The highest BCUT2D eigenvalue weighted by Gasteiger charge is 2.21. The van der Waals surface area contributed by atoms with Crippen LogP contribution in [0.25, 0.3) is 0 Å². The van der Waals surface area contributed by atoms with Gasteiger partial charge in [0, 0.05) is 13.1 Å². The first-order chi connectivity index (χ1) is 8.91. The number of amides is 2. The molecule has 3 N–H and O–H groups in total. The summed E-state index contributed by atoms with van der Waals surface area (Å²) in [6.07, 6.45) is 0. The van der Waals surface area contributed by atoms with Crippen molar-refractivity contribution < 1.29 is 9.59 Å². The molecule has 0 aliphatic carbocycles. The summed E-state index contributed by atoms with van der Waals surface area (Å²) in [4.78, 5) is 25.0. The molecule has 0 saturated carbocycles. The second kappa shape index (κ2) is 6.89. The maximum absolute atomic E-state index is 12.1. The van der Waals surface area contributed by atoms with Gasteiger partial charge in [-0.15, -0.1) is 0 Å². The van der Waals surface area contributed by atoms with Gasteiger partial charge >= 0.3 is 0 Å². The van der Waals surface area contributed by atoms with E-state index in [4.69, 9.17) is 5.73 Å². The van der Waals surface area contributed by atoms with Crippen LogP contribution in [0.1, 0.15) is 25.5 Å². The van der Waals surface area contributed by atoms with Gasteiger partial charge in [-0.2, -0.15) is 0 Å². The molecule has 0 radical (unpaired) electrons. The molecule has 0 aromatic heterocycles. The van der Waals surface area contributed by atoms with E-state index < -0.39 is 6.04 Å². The molecule has 0 aliphatic rings. The van der Waals surface area contributed by atoms with Gasteiger partial charge in [-0.1, -0.05) is 30.3 Å². The third-order valence-electron chi connectivity index (χ3n) is 2.63. The van der Waals surface area contributed by atoms with E-state index in [9.17, 15) is 9.59 Å². The Balaban J connectivity index is 2.60. The Bertz CT molecular complexity index is 432. The van der Waals surface area contributed by atoms with Crippen LogP contribution >= 0.6 is 0 Å². The van der Waals surface area contributed by atoms with Crippen LogP contribution in [-0.4, -0.2) is 36.3 Å². The number of nitrogens with two attached hydrogens (primary N) is 1. The summed E-state index contributed by atoms with van der Waals surface area (Å²) in [6.45, 7) is 3.75. The van der Waals surface area contributed by atoms with Crippen molar-refractivity contribution in [1.29, 1.82) is 0 Å². The van der Waals surface area contributed by atoms with E-state index in [-0.39, 0.29) is 24.4 Å². The molecule has 0 fully saturated rings. The van der Waals surface area contributed by atoms with Crippen LogP contribution in [0.3, 0.4) is 0 Å². The topological polar surface area (TPSA) is 75.4 Å². The van der Waals surface area contributed by atoms with Gasteiger partial charge in [-0.25, -0.2) is 0 Å². The average Bonchev–Trinajstić information content (AvgIpc) is 2.36. The number of rotatable bonds is 5. The molecule has 0 spiro atoms. The van der Waals surface area contributed by atoms with Gasteiger partial charge in [-0.05, 0) is 19.4 Å². The van der Waals surface area contributed by atoms with Crippen molar-refractivity contribution in [3.05, 3.63) is 35.9 Å². The van der Waals surface area contributed by atoms with Crippen molar-refractivity contribution in [2.75, 3.05) is 13.6 Å². The highest BCUT2D eigenvalue weighted by Crippen LogP contribution is 2.11. The van der Waals surface area contributed by atoms with Gasteiger partial charge in [0.2, 0.25) is 11.8 Å². The fraction of sp³-hybridized carbons (Fsp3) is 0.429. The summed E-state index contributed by atoms with van der Waals surface area (Å²) in [5.74, 6) is -0.462. The van der Waals surface area contributed by atoms with Gasteiger partial charge in [0.05, 0.1) is 6.54 Å². The van der Waals surface area contributed by atoms with Gasteiger partial charge in [0.15, 0.2) is 0 Å². The quantitative estimate of drug-likeness (QED) is 0.820. The Morgan fingerprint density at radius 2 is 1.84 bits per heavy atom. The second-order valence-corrected chi connectivity index (χ2v) is 4.80. The van der Waals surface area contributed by atoms with Crippen molar-refractivity contribution in [2.45, 2.75) is 25.9 Å². The third kappa shape index (κ3) is 4.71. The zero-order chi connectivity index (χ0) is 14.4. The van der Waals surface area contributed by atoms with Gasteiger partial charge < -0.3 is 16.0 Å². The summed E-state index contributed by atoms with van der Waals surface area (Å²) in [5, 5.41) is 2.73. The minimum Gasteiger partial charge on any atom is -0.352 e. The standard InChI is InChI=1S/C14H21N3O2/c1-10(2)16-12(18)9-17(3)14(19)13(15)11-7-5-4-6-8-11/h4-8,10,13H,9,15H2,1-3H3,(H,16,18)/t13-/m1/s1. The van der Waals surface area contributed by atoms with E-state index in [0.717, 1.165) is 5.56 Å². The largest absolute Gasteiger partial charge is 0.352 e. The number of hydrogen-bond donors (Lipinski definition) is 2. The molecule has 0 aliphatic heterocycles. The monoisotopic (exact) mass is 263 g/mol. The summed E-state index contributed by atoms with van der Waals surface area (Å²) < 4.78 is 0. The fourth-order valence-corrected chi connectivity index (χ4v) is 1.70. The number of benzene rings is 1. The van der Waals surface area contributed by atoms with Crippen LogP contribution in [0.5, 0.6) is 0 Å². The maximum atomic E-state index is 12.1. The van der Waals surface area contributed by atoms with Crippen LogP contribution < -0.4 is 11.1 Å². The van der Waals surface area contributed by atoms with Crippen molar-refractivity contribution in [1.82, 2.24) is 10.2 Å². The van der Waals surface area contributed by atoms with Crippen molar-refractivity contribution >= 4 is 11.8 Å². The van der Waals surface area contributed by atoms with Crippen LogP contribution in [-0.2, 0) is 9.59 Å². The Labute approximate surface area is 113 Å². The highest BCUT2D eigenvalue weighted by atomic mass is 16.2. The second-order valence-electron chi connectivity index (χ2n) is 4.80. The van der Waals surface area contributed by atoms with E-state index >= 15 is 0 Å². The number of nitrogens with zero attached hydrogens (tertiary/aromatic N) is 1. The van der Waals surface area contributed by atoms with Crippen molar-refractivity contribution in [2.24, 2.45) is 5.73 Å². The van der Waals surface area contributed by atoms with E-state index in [1.807, 2.05) is 32.0 Å². The smallest absolute Gasteiger partial charge is 0.244 e. The van der Waals surface area contributed by atoms with Gasteiger partial charge in [-0.3, -0.25) is 9.59 Å². The first-order valence-corrected chi connectivity index (χ1v) is 6.26. The number of hydrogen-bond acceptors (Lipinski definition) is 3. The molecule has 1 aromatic rings. The number of likely N-dealkylation sites (N-methyl/N-ethyl adjacent to an activating group) is 1. The predicted molar refractivity (Wildman–Crippen MR) is 74.3 cm³/mol. The Kier molecular flexibility index (Phi) is 5.51. The Morgan fingerprint density at radius 3 is 2.37 bits per heavy atom. The molecule has 0 saturated heterocycles. The minimum absolute atomic E-state index is 0.0115. The van der Waals surface area contributed by atoms with E-state index in [1.165, 1.54) is 4.90 Å². The SMILES string of the molecule is CC(C)NC(=O)CN(C)C(=O)[C@H](N)c1ccccc1. The zero-order valence-corrected chi connectivity index (χ0v) is 11.6. The van der Waals surface area contributed by atoms with Crippen LogP contribution in [0.2, 0.25) is 0 Å². The van der Waals surface area contributed by atoms with Crippen molar-refractivity contribution in [3.8, 4) is 0 Å². The number of carbonyl (C=O) groups excluding carboxylic acids is 2. The molecular weight excluding hydrogens is 242 g/mol. The normalized spacial score (nSPS) is 12.1. The summed E-state index contributed by atoms with van der Waals surface area (Å²) in [7, 11) is 1.57. The van der Waals surface area contributed by atoms with Crippen molar-refractivity contribution in [3.63, 3.8) is 0 Å². The predicted octanol–water partition coefficient (Wildman–Crippen LogP) is 0.669. The Hall–Kier alpha value is -1.88. The molecule has 1 aromatic carbocycles. The summed E-state index contributed by atoms with van der Waals surface area (Å²) >= 11 is 0. The first-order valence-electron chi connectivity index (χ1n) is 6.26. The number of nitrogens with one attached hydrogen (secondary N) is 1. The molecule has 1 rings (SSSR count). The molecular formula is C14H21N3O2. The lowest BCUT2D eigenvalue weighted by Gasteiger charge is -2.21. The van der Waals surface area contributed by atoms with Crippen LogP contribution in [0.4, 0.5) is 0 Å². The number of carbonyl (C=O) groups is 2. The molecule has 104 valence electrons.